The average Bonchev–Trinajstić information content (AvgIpc) is 2.52. The molecule has 2 aromatic rings. The molecule has 1 unspecified atom stereocenters. The third kappa shape index (κ3) is 3.08. The molecule has 0 fully saturated rings. The van der Waals surface area contributed by atoms with E-state index in [-0.39, 0.29) is 5.54 Å². The first kappa shape index (κ1) is 17.0. The highest BCUT2D eigenvalue weighted by atomic mass is 35.5. The summed E-state index contributed by atoms with van der Waals surface area (Å²) in [4.78, 5) is 6.98. The van der Waals surface area contributed by atoms with Gasteiger partial charge < -0.3 is 4.90 Å². The summed E-state index contributed by atoms with van der Waals surface area (Å²) in [7, 11) is 2.15. The van der Waals surface area contributed by atoms with Crippen molar-refractivity contribution in [1.82, 2.24) is 0 Å². The lowest BCUT2D eigenvalue weighted by atomic mass is 9.80. The highest BCUT2D eigenvalue weighted by Crippen LogP contribution is 2.44. The molecule has 0 saturated carbocycles. The van der Waals surface area contributed by atoms with Crippen LogP contribution in [0.15, 0.2) is 41.4 Å². The third-order valence-corrected chi connectivity index (χ3v) is 5.54. The van der Waals surface area contributed by atoms with Crippen LogP contribution in [-0.2, 0) is 0 Å². The van der Waals surface area contributed by atoms with Gasteiger partial charge in [-0.05, 0) is 62.4 Å². The lowest BCUT2D eigenvalue weighted by Gasteiger charge is -2.45. The summed E-state index contributed by atoms with van der Waals surface area (Å²) in [6.07, 6.45) is 3.02. The number of fused-ring (bicyclic) bond motifs is 1. The summed E-state index contributed by atoms with van der Waals surface area (Å²) < 4.78 is 0. The van der Waals surface area contributed by atoms with Crippen LogP contribution in [0.3, 0.4) is 0 Å². The zero-order chi connectivity index (χ0) is 17.5. The largest absolute Gasteiger partial charge is 0.369 e. The standard InChI is InChI=1S/C21H25ClN2/c1-14-8-6-7-9-19(14)23-13-16-10-17-15(2)12-21(3,4)24(5)20(17)11-18(16)22/h6-11,13,15H,12H2,1-5H3. The molecule has 0 spiro atoms. The highest BCUT2D eigenvalue weighted by Gasteiger charge is 2.34. The van der Waals surface area contributed by atoms with E-state index >= 15 is 0 Å². The molecule has 3 heteroatoms. The molecule has 126 valence electrons. The second-order valence-electron chi connectivity index (χ2n) is 7.45. The fraction of sp³-hybridized carbons (Fsp3) is 0.381. The molecule has 1 aliphatic rings. The normalized spacial score (nSPS) is 19.6. The minimum absolute atomic E-state index is 0.145. The zero-order valence-corrected chi connectivity index (χ0v) is 15.9. The van der Waals surface area contributed by atoms with E-state index in [0.717, 1.165) is 28.3 Å². The van der Waals surface area contributed by atoms with E-state index in [9.17, 15) is 0 Å². The monoisotopic (exact) mass is 340 g/mol. The summed E-state index contributed by atoms with van der Waals surface area (Å²) in [6.45, 7) is 8.94. The quantitative estimate of drug-likeness (QED) is 0.601. The Bertz CT molecular complexity index is 792. The Morgan fingerprint density at radius 1 is 1.25 bits per heavy atom. The van der Waals surface area contributed by atoms with Crippen LogP contribution in [-0.4, -0.2) is 18.8 Å². The van der Waals surface area contributed by atoms with Crippen LogP contribution in [0.25, 0.3) is 0 Å². The second kappa shape index (κ2) is 6.25. The van der Waals surface area contributed by atoms with E-state index in [4.69, 9.17) is 11.6 Å². The first-order valence-corrected chi connectivity index (χ1v) is 8.84. The van der Waals surface area contributed by atoms with Crippen molar-refractivity contribution in [3.8, 4) is 0 Å². The smallest absolute Gasteiger partial charge is 0.0659 e. The van der Waals surface area contributed by atoms with E-state index < -0.39 is 0 Å². The predicted octanol–water partition coefficient (Wildman–Crippen LogP) is 6.12. The molecular formula is C21H25ClN2. The highest BCUT2D eigenvalue weighted by molar-refractivity contribution is 6.33. The minimum Gasteiger partial charge on any atom is -0.369 e. The summed E-state index contributed by atoms with van der Waals surface area (Å²) in [5.74, 6) is 0.508. The average molecular weight is 341 g/mol. The number of anilines is 1. The number of aliphatic imine (C=N–C) groups is 1. The Morgan fingerprint density at radius 2 is 1.96 bits per heavy atom. The van der Waals surface area contributed by atoms with Crippen LogP contribution >= 0.6 is 11.6 Å². The van der Waals surface area contributed by atoms with Gasteiger partial charge in [-0.3, -0.25) is 4.99 Å². The lowest BCUT2D eigenvalue weighted by molar-refractivity contribution is 0.395. The number of aryl methyl sites for hydroxylation is 1. The molecule has 0 bridgehead atoms. The van der Waals surface area contributed by atoms with Crippen molar-refractivity contribution >= 4 is 29.2 Å². The van der Waals surface area contributed by atoms with Crippen molar-refractivity contribution in [1.29, 1.82) is 0 Å². The molecule has 0 aliphatic carbocycles. The molecular weight excluding hydrogens is 316 g/mol. The Labute approximate surface area is 150 Å². The van der Waals surface area contributed by atoms with Crippen molar-refractivity contribution in [3.05, 3.63) is 58.1 Å². The molecule has 1 atom stereocenters. The molecule has 2 nitrogen and oxygen atoms in total. The van der Waals surface area contributed by atoms with Gasteiger partial charge in [0.25, 0.3) is 0 Å². The van der Waals surface area contributed by atoms with Gasteiger partial charge in [0.15, 0.2) is 0 Å². The SMILES string of the molecule is Cc1ccccc1N=Cc1cc2c(cc1Cl)N(C)C(C)(C)CC2C. The van der Waals surface area contributed by atoms with Crippen LogP contribution in [0.2, 0.25) is 5.02 Å². The van der Waals surface area contributed by atoms with Gasteiger partial charge in [0, 0.05) is 30.1 Å². The first-order chi connectivity index (χ1) is 11.3. The predicted molar refractivity (Wildman–Crippen MR) is 105 cm³/mol. The first-order valence-electron chi connectivity index (χ1n) is 8.46. The number of halogens is 1. The van der Waals surface area contributed by atoms with Crippen molar-refractivity contribution in [2.45, 2.75) is 45.6 Å². The molecule has 0 radical (unpaired) electrons. The zero-order valence-electron chi connectivity index (χ0n) is 15.1. The van der Waals surface area contributed by atoms with Gasteiger partial charge in [-0.2, -0.15) is 0 Å². The summed E-state index contributed by atoms with van der Waals surface area (Å²) in [5.41, 5.74) is 5.87. The topological polar surface area (TPSA) is 15.6 Å². The van der Waals surface area contributed by atoms with E-state index in [1.807, 2.05) is 24.4 Å². The second-order valence-corrected chi connectivity index (χ2v) is 7.86. The maximum absolute atomic E-state index is 6.56. The molecule has 1 heterocycles. The van der Waals surface area contributed by atoms with Crippen LogP contribution in [0, 0.1) is 6.92 Å². The summed E-state index contributed by atoms with van der Waals surface area (Å²) >= 11 is 6.56. The van der Waals surface area contributed by atoms with Gasteiger partial charge in [0.1, 0.15) is 0 Å². The van der Waals surface area contributed by atoms with Gasteiger partial charge in [-0.25, -0.2) is 0 Å². The Balaban J connectivity index is 2.01. The molecule has 3 rings (SSSR count). The maximum atomic E-state index is 6.56. The number of nitrogens with zero attached hydrogens (tertiary/aromatic N) is 2. The fourth-order valence-electron chi connectivity index (χ4n) is 3.55. The van der Waals surface area contributed by atoms with Gasteiger partial charge >= 0.3 is 0 Å². The molecule has 2 aromatic carbocycles. The van der Waals surface area contributed by atoms with Crippen molar-refractivity contribution < 1.29 is 0 Å². The Kier molecular flexibility index (Phi) is 4.44. The van der Waals surface area contributed by atoms with Gasteiger partial charge in [0.05, 0.1) is 10.7 Å². The van der Waals surface area contributed by atoms with Crippen molar-refractivity contribution in [3.63, 3.8) is 0 Å². The summed E-state index contributed by atoms with van der Waals surface area (Å²) in [5, 5.41) is 0.753. The number of hydrogen-bond acceptors (Lipinski definition) is 2. The van der Waals surface area contributed by atoms with Crippen molar-refractivity contribution in [2.75, 3.05) is 11.9 Å². The summed E-state index contributed by atoms with van der Waals surface area (Å²) in [6, 6.07) is 12.4. The number of para-hydroxylation sites is 1. The molecule has 1 aliphatic heterocycles. The van der Waals surface area contributed by atoms with Gasteiger partial charge in [-0.1, -0.05) is 36.7 Å². The molecule has 0 saturated heterocycles. The van der Waals surface area contributed by atoms with Crippen molar-refractivity contribution in [2.24, 2.45) is 4.99 Å². The molecule has 0 aromatic heterocycles. The van der Waals surface area contributed by atoms with E-state index in [0.29, 0.717) is 5.92 Å². The number of benzene rings is 2. The maximum Gasteiger partial charge on any atom is 0.0659 e. The molecule has 0 amide bonds. The number of rotatable bonds is 2. The number of hydrogen-bond donors (Lipinski definition) is 0. The van der Waals surface area contributed by atoms with Crippen LogP contribution in [0.1, 0.15) is 49.8 Å². The van der Waals surface area contributed by atoms with Gasteiger partial charge in [0.2, 0.25) is 0 Å². The van der Waals surface area contributed by atoms with Crippen LogP contribution < -0.4 is 4.90 Å². The van der Waals surface area contributed by atoms with E-state index in [1.54, 1.807) is 0 Å². The Hall–Kier alpha value is -1.80. The lowest BCUT2D eigenvalue weighted by Crippen LogP contribution is -2.45. The third-order valence-electron chi connectivity index (χ3n) is 5.21. The fourth-order valence-corrected chi connectivity index (χ4v) is 3.76. The molecule has 0 N–H and O–H groups in total. The minimum atomic E-state index is 0.145. The van der Waals surface area contributed by atoms with Gasteiger partial charge in [-0.15, -0.1) is 0 Å². The van der Waals surface area contributed by atoms with E-state index in [1.165, 1.54) is 11.3 Å². The van der Waals surface area contributed by atoms with Crippen LogP contribution in [0.4, 0.5) is 11.4 Å². The molecule has 24 heavy (non-hydrogen) atoms. The van der Waals surface area contributed by atoms with Crippen LogP contribution in [0.5, 0.6) is 0 Å². The van der Waals surface area contributed by atoms with E-state index in [2.05, 4.69) is 62.8 Å². The Morgan fingerprint density at radius 3 is 2.67 bits per heavy atom.